The molecule has 0 saturated carbocycles. The summed E-state index contributed by atoms with van der Waals surface area (Å²) in [5.41, 5.74) is 1.84. The van der Waals surface area contributed by atoms with Gasteiger partial charge in [0, 0.05) is 6.04 Å². The number of hydrogen-bond donors (Lipinski definition) is 2. The van der Waals surface area contributed by atoms with Crippen molar-refractivity contribution in [3.05, 3.63) is 77.9 Å². The minimum atomic E-state index is -0.475. The average Bonchev–Trinajstić information content (AvgIpc) is 3.00. The Hall–Kier alpha value is -3.18. The molecule has 2 aliphatic heterocycles. The first kappa shape index (κ1) is 18.8. The third kappa shape index (κ3) is 3.25. The molecule has 3 aromatic carbocycles. The number of amides is 2. The van der Waals surface area contributed by atoms with Gasteiger partial charge in [-0.1, -0.05) is 60.7 Å². The Bertz CT molecular complexity index is 1120. The third-order valence-electron chi connectivity index (χ3n) is 6.43. The second-order valence-corrected chi connectivity index (χ2v) is 8.26. The number of likely N-dealkylation sites (tertiary alicyclic amines) is 1. The topological polar surface area (TPSA) is 69.6 Å². The largest absolute Gasteiger partial charge is 0.508 e. The summed E-state index contributed by atoms with van der Waals surface area (Å²) in [6.07, 6.45) is 2.13. The van der Waals surface area contributed by atoms with Crippen molar-refractivity contribution in [3.8, 4) is 5.75 Å². The first-order valence-electron chi connectivity index (χ1n) is 10.5. The molecule has 0 aromatic heterocycles. The average molecular weight is 400 g/mol. The van der Waals surface area contributed by atoms with Gasteiger partial charge in [-0.15, -0.1) is 0 Å². The molecule has 5 nitrogen and oxygen atoms in total. The molecule has 30 heavy (non-hydrogen) atoms. The molecule has 0 spiro atoms. The van der Waals surface area contributed by atoms with Gasteiger partial charge in [-0.3, -0.25) is 14.5 Å². The van der Waals surface area contributed by atoms with E-state index in [-0.39, 0.29) is 29.5 Å². The summed E-state index contributed by atoms with van der Waals surface area (Å²) in [7, 11) is 0. The molecule has 3 aromatic rings. The van der Waals surface area contributed by atoms with Gasteiger partial charge in [0.2, 0.25) is 11.8 Å². The van der Waals surface area contributed by atoms with Crippen LogP contribution >= 0.6 is 0 Å². The molecule has 0 radical (unpaired) electrons. The molecular weight excluding hydrogens is 376 g/mol. The predicted molar refractivity (Wildman–Crippen MR) is 115 cm³/mol. The summed E-state index contributed by atoms with van der Waals surface area (Å²) < 4.78 is 0. The van der Waals surface area contributed by atoms with Gasteiger partial charge in [-0.05, 0) is 47.2 Å². The Morgan fingerprint density at radius 1 is 0.867 bits per heavy atom. The number of rotatable bonds is 4. The van der Waals surface area contributed by atoms with Gasteiger partial charge in [0.1, 0.15) is 5.75 Å². The minimum Gasteiger partial charge on any atom is -0.508 e. The van der Waals surface area contributed by atoms with Crippen LogP contribution in [0, 0.1) is 5.92 Å². The van der Waals surface area contributed by atoms with Crippen LogP contribution in [-0.4, -0.2) is 33.9 Å². The van der Waals surface area contributed by atoms with E-state index in [1.54, 1.807) is 12.1 Å². The van der Waals surface area contributed by atoms with Crippen molar-refractivity contribution in [1.82, 2.24) is 10.2 Å². The molecule has 2 N–H and O–H groups in total. The van der Waals surface area contributed by atoms with Crippen molar-refractivity contribution >= 4 is 22.6 Å². The number of imide groups is 1. The van der Waals surface area contributed by atoms with Gasteiger partial charge in [-0.2, -0.15) is 0 Å². The van der Waals surface area contributed by atoms with E-state index in [1.807, 2.05) is 54.6 Å². The van der Waals surface area contributed by atoms with E-state index >= 15 is 0 Å². The summed E-state index contributed by atoms with van der Waals surface area (Å²) in [5.74, 6) is -0.243. The van der Waals surface area contributed by atoms with Gasteiger partial charge >= 0.3 is 0 Å². The Labute approximate surface area is 175 Å². The van der Waals surface area contributed by atoms with E-state index in [0.29, 0.717) is 19.4 Å². The molecule has 2 aliphatic rings. The number of phenols is 1. The first-order chi connectivity index (χ1) is 14.6. The number of phenolic OH excluding ortho intramolecular Hbond substituents is 1. The molecule has 0 bridgehead atoms. The number of piperidine rings is 1. The molecule has 2 amide bonds. The van der Waals surface area contributed by atoms with Crippen LogP contribution in [0.3, 0.4) is 0 Å². The second-order valence-electron chi connectivity index (χ2n) is 8.26. The van der Waals surface area contributed by atoms with Crippen molar-refractivity contribution in [3.63, 3.8) is 0 Å². The number of carbonyl (C=O) groups excluding carboxylic acids is 2. The molecule has 2 saturated heterocycles. The maximum Gasteiger partial charge on any atom is 0.247 e. The van der Waals surface area contributed by atoms with Gasteiger partial charge in [0.15, 0.2) is 0 Å². The standard InChI is InChI=1S/C25H24N2O3/c28-22-11-4-2-7-17(22)14-19-12-13-21-23(26-19)25(30)27(24(21)29)15-18-9-5-8-16-6-1-3-10-20(16)18/h1-11,19,21,23,26,28H,12-15H2/t19?,21-,23+/m1/s1. The highest BCUT2D eigenvalue weighted by Crippen LogP contribution is 2.33. The van der Waals surface area contributed by atoms with Crippen LogP contribution in [0.15, 0.2) is 66.7 Å². The van der Waals surface area contributed by atoms with Crippen molar-refractivity contribution < 1.29 is 14.7 Å². The molecule has 5 heteroatoms. The first-order valence-corrected chi connectivity index (χ1v) is 10.5. The smallest absolute Gasteiger partial charge is 0.247 e. The van der Waals surface area contributed by atoms with Gasteiger partial charge in [0.25, 0.3) is 0 Å². The predicted octanol–water partition coefficient (Wildman–Crippen LogP) is 3.39. The highest BCUT2D eigenvalue weighted by Gasteiger charge is 2.49. The molecule has 0 aliphatic carbocycles. The Morgan fingerprint density at radius 2 is 1.60 bits per heavy atom. The monoisotopic (exact) mass is 400 g/mol. The van der Waals surface area contributed by atoms with E-state index in [9.17, 15) is 14.7 Å². The molecule has 2 fully saturated rings. The minimum absolute atomic E-state index is 0.0637. The zero-order valence-corrected chi connectivity index (χ0v) is 16.6. The van der Waals surface area contributed by atoms with Crippen LogP contribution in [0.1, 0.15) is 24.0 Å². The SMILES string of the molecule is O=C1[C@H]2NC(Cc3ccccc3O)CC[C@H]2C(=O)N1Cc1cccc2ccccc12. The van der Waals surface area contributed by atoms with Crippen LogP contribution < -0.4 is 5.32 Å². The fraction of sp³-hybridized carbons (Fsp3) is 0.280. The lowest BCUT2D eigenvalue weighted by Crippen LogP contribution is -2.50. The summed E-state index contributed by atoms with van der Waals surface area (Å²) in [5, 5.41) is 15.6. The van der Waals surface area contributed by atoms with E-state index in [0.717, 1.165) is 28.3 Å². The summed E-state index contributed by atoms with van der Waals surface area (Å²) in [6, 6.07) is 20.9. The maximum absolute atomic E-state index is 13.1. The number of hydrogen-bond acceptors (Lipinski definition) is 4. The zero-order chi connectivity index (χ0) is 20.7. The fourth-order valence-electron chi connectivity index (χ4n) is 4.85. The highest BCUT2D eigenvalue weighted by molar-refractivity contribution is 6.07. The Kier molecular flexibility index (Phi) is 4.75. The van der Waals surface area contributed by atoms with Gasteiger partial charge in [-0.25, -0.2) is 0 Å². The van der Waals surface area contributed by atoms with Crippen LogP contribution in [0.5, 0.6) is 5.75 Å². The number of benzene rings is 3. The number of aromatic hydroxyl groups is 1. The zero-order valence-electron chi connectivity index (χ0n) is 16.6. The van der Waals surface area contributed by atoms with E-state index in [1.165, 1.54) is 4.90 Å². The van der Waals surface area contributed by atoms with Crippen molar-refractivity contribution in [1.29, 1.82) is 0 Å². The quantitative estimate of drug-likeness (QED) is 0.659. The maximum atomic E-state index is 13.1. The molecule has 1 unspecified atom stereocenters. The fourth-order valence-corrected chi connectivity index (χ4v) is 4.85. The van der Waals surface area contributed by atoms with Crippen LogP contribution in [0.2, 0.25) is 0 Å². The number of fused-ring (bicyclic) bond motifs is 2. The second kappa shape index (κ2) is 7.58. The van der Waals surface area contributed by atoms with Gasteiger partial charge < -0.3 is 10.4 Å². The van der Waals surface area contributed by atoms with E-state index in [4.69, 9.17) is 0 Å². The Morgan fingerprint density at radius 3 is 2.47 bits per heavy atom. The Balaban J connectivity index is 1.34. The van der Waals surface area contributed by atoms with Crippen LogP contribution in [-0.2, 0) is 22.6 Å². The molecule has 2 heterocycles. The molecule has 5 rings (SSSR count). The van der Waals surface area contributed by atoms with Crippen molar-refractivity contribution in [2.45, 2.75) is 37.9 Å². The normalized spacial score (nSPS) is 23.7. The van der Waals surface area contributed by atoms with Crippen molar-refractivity contribution in [2.75, 3.05) is 0 Å². The third-order valence-corrected chi connectivity index (χ3v) is 6.43. The molecular formula is C25H24N2O3. The molecule has 3 atom stereocenters. The van der Waals surface area contributed by atoms with E-state index in [2.05, 4.69) is 5.32 Å². The lowest BCUT2D eigenvalue weighted by molar-refractivity contribution is -0.140. The lowest BCUT2D eigenvalue weighted by atomic mass is 9.87. The molecule has 152 valence electrons. The summed E-state index contributed by atoms with van der Waals surface area (Å²) >= 11 is 0. The summed E-state index contributed by atoms with van der Waals surface area (Å²) in [6.45, 7) is 0.303. The van der Waals surface area contributed by atoms with Crippen LogP contribution in [0.25, 0.3) is 10.8 Å². The highest BCUT2D eigenvalue weighted by atomic mass is 16.3. The lowest BCUT2D eigenvalue weighted by Gasteiger charge is -2.30. The number of nitrogens with zero attached hydrogens (tertiary/aromatic N) is 1. The van der Waals surface area contributed by atoms with Crippen LogP contribution in [0.4, 0.5) is 0 Å². The number of para-hydroxylation sites is 1. The van der Waals surface area contributed by atoms with E-state index < -0.39 is 6.04 Å². The van der Waals surface area contributed by atoms with Gasteiger partial charge in [0.05, 0.1) is 18.5 Å². The number of nitrogens with one attached hydrogen (secondary N) is 1. The van der Waals surface area contributed by atoms with Crippen molar-refractivity contribution in [2.24, 2.45) is 5.92 Å². The summed E-state index contributed by atoms with van der Waals surface area (Å²) in [4.78, 5) is 27.6. The number of carbonyl (C=O) groups is 2.